The van der Waals surface area contributed by atoms with Gasteiger partial charge in [0, 0.05) is 0 Å². The molecule has 0 saturated heterocycles. The maximum atomic E-state index is 11.2. The number of nitrogens with one attached hydrogen (secondary N) is 1. The van der Waals surface area contributed by atoms with Crippen molar-refractivity contribution in [3.05, 3.63) is 90.5 Å². The predicted octanol–water partition coefficient (Wildman–Crippen LogP) is 2.58. The molecular formula is C13H6N8O12. The van der Waals surface area contributed by atoms with Crippen LogP contribution in [0.4, 0.5) is 39.8 Å². The molecule has 20 nitrogen and oxygen atoms in total. The molecule has 0 amide bonds. The smallest absolute Gasteiger partial charge is 0.266 e. The van der Waals surface area contributed by atoms with E-state index in [1.165, 1.54) is 0 Å². The van der Waals surface area contributed by atoms with E-state index in [1.54, 1.807) is 0 Å². The van der Waals surface area contributed by atoms with E-state index < -0.39 is 74.9 Å². The Morgan fingerprint density at radius 3 is 1.21 bits per heavy atom. The van der Waals surface area contributed by atoms with Crippen LogP contribution in [0.25, 0.3) is 0 Å². The van der Waals surface area contributed by atoms with Gasteiger partial charge in [-0.05, 0) is 0 Å². The number of benzene rings is 2. The van der Waals surface area contributed by atoms with E-state index in [2.05, 4.69) is 5.10 Å². The molecule has 170 valence electrons. The summed E-state index contributed by atoms with van der Waals surface area (Å²) in [6.45, 7) is 0. The molecule has 0 aliphatic rings. The molecule has 0 atom stereocenters. The Hall–Kier alpha value is -5.69. The summed E-state index contributed by atoms with van der Waals surface area (Å²) in [5, 5.41) is 69.9. The van der Waals surface area contributed by atoms with Crippen LogP contribution in [-0.2, 0) is 0 Å². The molecule has 0 spiro atoms. The van der Waals surface area contributed by atoms with Gasteiger partial charge >= 0.3 is 11.4 Å². The van der Waals surface area contributed by atoms with Gasteiger partial charge in [-0.2, -0.15) is 5.10 Å². The Kier molecular flexibility index (Phi) is 6.42. The van der Waals surface area contributed by atoms with E-state index in [1.807, 2.05) is 5.43 Å². The Morgan fingerprint density at radius 1 is 0.576 bits per heavy atom. The van der Waals surface area contributed by atoms with Crippen molar-refractivity contribution in [2.24, 2.45) is 5.10 Å². The first kappa shape index (κ1) is 23.6. The topological polar surface area (TPSA) is 283 Å². The van der Waals surface area contributed by atoms with Crippen LogP contribution in [0, 0.1) is 60.7 Å². The van der Waals surface area contributed by atoms with Crippen LogP contribution in [0.1, 0.15) is 5.56 Å². The van der Waals surface area contributed by atoms with Crippen LogP contribution in [0.5, 0.6) is 0 Å². The first-order valence-corrected chi connectivity index (χ1v) is 7.86. The highest BCUT2D eigenvalue weighted by Crippen LogP contribution is 2.38. The van der Waals surface area contributed by atoms with E-state index >= 15 is 0 Å². The fraction of sp³-hybridized carbons (Fsp3) is 0. The largest absolute Gasteiger partial charge is 0.308 e. The number of nitrogens with zero attached hydrogens (tertiary/aromatic N) is 7. The molecule has 1 N–H and O–H groups in total. The maximum absolute atomic E-state index is 11.2. The lowest BCUT2D eigenvalue weighted by molar-refractivity contribution is -0.403. The van der Waals surface area contributed by atoms with Gasteiger partial charge in [-0.15, -0.1) is 0 Å². The molecule has 0 aromatic heterocycles. The minimum absolute atomic E-state index is 0.377. The van der Waals surface area contributed by atoms with E-state index in [-0.39, 0.29) is 0 Å². The van der Waals surface area contributed by atoms with Gasteiger partial charge in [-0.3, -0.25) is 66.1 Å². The molecule has 0 saturated carbocycles. The number of hydrazone groups is 1. The molecule has 20 heteroatoms. The summed E-state index contributed by atoms with van der Waals surface area (Å²) in [6, 6.07) is 1.54. The Labute approximate surface area is 177 Å². The summed E-state index contributed by atoms with van der Waals surface area (Å²) in [5.74, 6) is 0. The number of rotatable bonds is 9. The second-order valence-electron chi connectivity index (χ2n) is 5.67. The Balaban J connectivity index is 2.67. The average Bonchev–Trinajstić information content (AvgIpc) is 2.72. The monoisotopic (exact) mass is 466 g/mol. The lowest BCUT2D eigenvalue weighted by Crippen LogP contribution is -2.05. The van der Waals surface area contributed by atoms with E-state index in [9.17, 15) is 60.7 Å². The highest BCUT2D eigenvalue weighted by atomic mass is 16.6. The standard InChI is InChI=1S/C13H6N8O12/c22-16(23)6-1-9(18(26)27)8(10(2-6)19(28)29)5-14-15-13-11(20(30)31)3-7(17(24)25)4-12(13)21(32)33/h1-5,15H/b14-5+. The summed E-state index contributed by atoms with van der Waals surface area (Å²) in [5.41, 5.74) is -6.61. The minimum Gasteiger partial charge on any atom is -0.266 e. The Morgan fingerprint density at radius 2 is 0.909 bits per heavy atom. The quantitative estimate of drug-likeness (QED) is 0.316. The first-order valence-electron chi connectivity index (χ1n) is 7.86. The molecule has 2 aromatic rings. The number of nitro benzene ring substituents is 6. The van der Waals surface area contributed by atoms with Gasteiger partial charge < -0.3 is 0 Å². The van der Waals surface area contributed by atoms with Gasteiger partial charge in [-0.25, -0.2) is 0 Å². The maximum Gasteiger partial charge on any atom is 0.308 e. The second-order valence-corrected chi connectivity index (χ2v) is 5.67. The zero-order valence-corrected chi connectivity index (χ0v) is 15.4. The van der Waals surface area contributed by atoms with Crippen molar-refractivity contribution in [2.75, 3.05) is 5.43 Å². The van der Waals surface area contributed by atoms with Gasteiger partial charge in [0.2, 0.25) is 5.69 Å². The fourth-order valence-corrected chi connectivity index (χ4v) is 2.42. The zero-order valence-electron chi connectivity index (χ0n) is 15.4. The highest BCUT2D eigenvalue weighted by molar-refractivity contribution is 5.92. The summed E-state index contributed by atoms with van der Waals surface area (Å²) in [4.78, 5) is 59.6. The number of hydrogen-bond donors (Lipinski definition) is 1. The number of hydrogen-bond acceptors (Lipinski definition) is 14. The molecule has 0 heterocycles. The van der Waals surface area contributed by atoms with Crippen LogP contribution < -0.4 is 5.43 Å². The van der Waals surface area contributed by atoms with Crippen LogP contribution in [0.15, 0.2) is 29.4 Å². The molecule has 0 unspecified atom stereocenters. The van der Waals surface area contributed by atoms with Crippen LogP contribution in [-0.4, -0.2) is 35.8 Å². The van der Waals surface area contributed by atoms with Crippen LogP contribution in [0.3, 0.4) is 0 Å². The van der Waals surface area contributed by atoms with Gasteiger partial charge in [0.05, 0.1) is 60.0 Å². The lowest BCUT2D eigenvalue weighted by Gasteiger charge is -2.04. The van der Waals surface area contributed by atoms with Crippen molar-refractivity contribution in [3.63, 3.8) is 0 Å². The van der Waals surface area contributed by atoms with Crippen molar-refractivity contribution in [1.29, 1.82) is 0 Å². The second kappa shape index (κ2) is 8.99. The summed E-state index contributed by atoms with van der Waals surface area (Å²) >= 11 is 0. The van der Waals surface area contributed by atoms with Gasteiger partial charge in [-0.1, -0.05) is 0 Å². The van der Waals surface area contributed by atoms with E-state index in [0.29, 0.717) is 30.5 Å². The van der Waals surface area contributed by atoms with Crippen molar-refractivity contribution in [3.8, 4) is 0 Å². The van der Waals surface area contributed by atoms with Crippen molar-refractivity contribution >= 4 is 46.0 Å². The van der Waals surface area contributed by atoms with Crippen molar-refractivity contribution in [2.45, 2.75) is 0 Å². The third-order valence-corrected chi connectivity index (χ3v) is 3.78. The molecule has 2 aromatic carbocycles. The molecule has 2 rings (SSSR count). The summed E-state index contributed by atoms with van der Waals surface area (Å²) < 4.78 is 0. The van der Waals surface area contributed by atoms with E-state index in [4.69, 9.17) is 0 Å². The fourth-order valence-electron chi connectivity index (χ4n) is 2.42. The van der Waals surface area contributed by atoms with Gasteiger partial charge in [0.25, 0.3) is 22.7 Å². The van der Waals surface area contributed by atoms with Crippen molar-refractivity contribution in [1.82, 2.24) is 0 Å². The molecular weight excluding hydrogens is 460 g/mol. The highest BCUT2D eigenvalue weighted by Gasteiger charge is 2.32. The minimum atomic E-state index is -1.21. The van der Waals surface area contributed by atoms with Crippen molar-refractivity contribution < 1.29 is 29.5 Å². The SMILES string of the molecule is O=[N+]([O-])c1cc([N+](=O)[O-])c(/C=N/Nc2c([N+](=O)[O-])cc([N+](=O)[O-])cc2[N+](=O)[O-])c([N+](=O)[O-])c1. The molecule has 33 heavy (non-hydrogen) atoms. The zero-order chi connectivity index (χ0) is 25.0. The summed E-state index contributed by atoms with van der Waals surface area (Å²) in [7, 11) is 0. The molecule has 0 aliphatic carbocycles. The number of nitro groups is 6. The third-order valence-electron chi connectivity index (χ3n) is 3.78. The van der Waals surface area contributed by atoms with Crippen LogP contribution in [0.2, 0.25) is 0 Å². The van der Waals surface area contributed by atoms with Crippen LogP contribution >= 0.6 is 0 Å². The third kappa shape index (κ3) is 4.90. The van der Waals surface area contributed by atoms with Gasteiger partial charge in [0.15, 0.2) is 5.56 Å². The first-order chi connectivity index (χ1) is 15.3. The molecule has 0 aliphatic heterocycles. The number of non-ortho nitro benzene ring substituents is 2. The average molecular weight is 466 g/mol. The number of anilines is 1. The molecule has 0 fully saturated rings. The normalized spacial score (nSPS) is 10.5. The predicted molar refractivity (Wildman–Crippen MR) is 104 cm³/mol. The van der Waals surface area contributed by atoms with Gasteiger partial charge in [0.1, 0.15) is 0 Å². The molecule has 0 bridgehead atoms. The molecule has 0 radical (unpaired) electrons. The van der Waals surface area contributed by atoms with E-state index in [0.717, 1.165) is 0 Å². The Bertz CT molecular complexity index is 1200. The lowest BCUT2D eigenvalue weighted by atomic mass is 10.1. The summed E-state index contributed by atoms with van der Waals surface area (Å²) in [6.07, 6.45) is 0.384.